The van der Waals surface area contributed by atoms with E-state index in [1.165, 1.54) is 23.5 Å². The van der Waals surface area contributed by atoms with Crippen LogP contribution < -0.4 is 5.32 Å². The summed E-state index contributed by atoms with van der Waals surface area (Å²) >= 11 is 1.35. The monoisotopic (exact) mass is 373 g/mol. The summed E-state index contributed by atoms with van der Waals surface area (Å²) < 4.78 is 14.9. The van der Waals surface area contributed by atoms with Gasteiger partial charge in [-0.1, -0.05) is 12.8 Å². The highest BCUT2D eigenvalue weighted by Crippen LogP contribution is 2.31. The molecule has 2 atom stereocenters. The third-order valence-electron chi connectivity index (χ3n) is 4.89. The second-order valence-electron chi connectivity index (χ2n) is 6.73. The summed E-state index contributed by atoms with van der Waals surface area (Å²) in [6.07, 6.45) is 3.09. The molecule has 3 aromatic rings. The SMILES string of the molecule is Cc1nn(-c2ccc(F)cc2)c2sc(C(=O)NC3CCCCC3O)cc12. The maximum absolute atomic E-state index is 13.2. The molecule has 2 heterocycles. The third-order valence-corrected chi connectivity index (χ3v) is 5.99. The van der Waals surface area contributed by atoms with Crippen LogP contribution in [0.1, 0.15) is 41.0 Å². The van der Waals surface area contributed by atoms with Crippen molar-refractivity contribution in [3.8, 4) is 5.69 Å². The molecule has 4 rings (SSSR count). The summed E-state index contributed by atoms with van der Waals surface area (Å²) in [6.45, 7) is 1.89. The Labute approximate surface area is 154 Å². The fraction of sp³-hybridized carbons (Fsp3) is 0.368. The van der Waals surface area contributed by atoms with Crippen LogP contribution in [0.15, 0.2) is 30.3 Å². The first-order chi connectivity index (χ1) is 12.5. The van der Waals surface area contributed by atoms with E-state index in [1.54, 1.807) is 16.8 Å². The molecule has 1 aromatic carbocycles. The van der Waals surface area contributed by atoms with Crippen molar-refractivity contribution in [1.29, 1.82) is 0 Å². The lowest BCUT2D eigenvalue weighted by molar-refractivity contribution is 0.0720. The van der Waals surface area contributed by atoms with Gasteiger partial charge in [0.25, 0.3) is 5.91 Å². The van der Waals surface area contributed by atoms with Crippen LogP contribution in [0.2, 0.25) is 0 Å². The number of fused-ring (bicyclic) bond motifs is 1. The maximum atomic E-state index is 13.2. The minimum Gasteiger partial charge on any atom is -0.391 e. The van der Waals surface area contributed by atoms with Gasteiger partial charge in [0.15, 0.2) is 0 Å². The Morgan fingerprint density at radius 3 is 2.77 bits per heavy atom. The topological polar surface area (TPSA) is 67.2 Å². The number of aryl methyl sites for hydroxylation is 1. The molecule has 0 saturated heterocycles. The highest BCUT2D eigenvalue weighted by molar-refractivity contribution is 7.20. The number of rotatable bonds is 3. The van der Waals surface area contributed by atoms with Crippen LogP contribution in [0, 0.1) is 12.7 Å². The van der Waals surface area contributed by atoms with Crippen molar-refractivity contribution in [2.45, 2.75) is 44.8 Å². The smallest absolute Gasteiger partial charge is 0.261 e. The summed E-state index contributed by atoms with van der Waals surface area (Å²) in [7, 11) is 0. The van der Waals surface area contributed by atoms with E-state index in [1.807, 2.05) is 13.0 Å². The Kier molecular flexibility index (Phi) is 4.50. The van der Waals surface area contributed by atoms with Crippen LogP contribution in [0.4, 0.5) is 4.39 Å². The molecule has 1 saturated carbocycles. The van der Waals surface area contributed by atoms with E-state index in [9.17, 15) is 14.3 Å². The first-order valence-electron chi connectivity index (χ1n) is 8.77. The number of hydrogen-bond acceptors (Lipinski definition) is 4. The molecule has 2 N–H and O–H groups in total. The Hall–Kier alpha value is -2.25. The molecule has 7 heteroatoms. The molecule has 26 heavy (non-hydrogen) atoms. The summed E-state index contributed by atoms with van der Waals surface area (Å²) in [5.41, 5.74) is 1.57. The van der Waals surface area contributed by atoms with Crippen LogP contribution >= 0.6 is 11.3 Å². The zero-order valence-corrected chi connectivity index (χ0v) is 15.2. The molecule has 0 aliphatic heterocycles. The number of carbonyl (C=O) groups excluding carboxylic acids is 1. The second kappa shape index (κ2) is 6.81. The first kappa shape index (κ1) is 17.2. The van der Waals surface area contributed by atoms with Crippen molar-refractivity contribution in [1.82, 2.24) is 15.1 Å². The Balaban J connectivity index is 1.64. The largest absolute Gasteiger partial charge is 0.391 e. The minimum absolute atomic E-state index is 0.165. The van der Waals surface area contributed by atoms with Gasteiger partial charge in [-0.25, -0.2) is 9.07 Å². The number of aliphatic hydroxyl groups is 1. The van der Waals surface area contributed by atoms with E-state index in [2.05, 4.69) is 10.4 Å². The number of benzene rings is 1. The maximum Gasteiger partial charge on any atom is 0.261 e. The average molecular weight is 373 g/mol. The molecule has 0 spiro atoms. The Morgan fingerprint density at radius 1 is 1.31 bits per heavy atom. The number of nitrogens with zero attached hydrogens (tertiary/aromatic N) is 2. The van der Waals surface area contributed by atoms with Crippen LogP contribution in [0.25, 0.3) is 15.9 Å². The number of hydrogen-bond donors (Lipinski definition) is 2. The number of thiophene rings is 1. The summed E-state index contributed by atoms with van der Waals surface area (Å²) in [4.78, 5) is 14.1. The lowest BCUT2D eigenvalue weighted by Gasteiger charge is -2.28. The van der Waals surface area contributed by atoms with E-state index >= 15 is 0 Å². The fourth-order valence-corrected chi connectivity index (χ4v) is 4.52. The summed E-state index contributed by atoms with van der Waals surface area (Å²) in [5, 5.41) is 18.5. The van der Waals surface area contributed by atoms with Gasteiger partial charge in [-0.2, -0.15) is 5.10 Å². The van der Waals surface area contributed by atoms with Crippen molar-refractivity contribution >= 4 is 27.5 Å². The van der Waals surface area contributed by atoms with Crippen LogP contribution in [-0.4, -0.2) is 32.9 Å². The van der Waals surface area contributed by atoms with E-state index in [-0.39, 0.29) is 17.8 Å². The van der Waals surface area contributed by atoms with Gasteiger partial charge in [0.2, 0.25) is 0 Å². The molecule has 2 unspecified atom stereocenters. The Morgan fingerprint density at radius 2 is 2.04 bits per heavy atom. The fourth-order valence-electron chi connectivity index (χ4n) is 3.44. The van der Waals surface area contributed by atoms with Gasteiger partial charge >= 0.3 is 0 Å². The molecule has 2 aromatic heterocycles. The molecule has 1 aliphatic carbocycles. The average Bonchev–Trinajstić information content (AvgIpc) is 3.19. The summed E-state index contributed by atoms with van der Waals surface area (Å²) in [6, 6.07) is 7.77. The van der Waals surface area contributed by atoms with Gasteiger partial charge in [-0.3, -0.25) is 4.79 Å². The highest BCUT2D eigenvalue weighted by Gasteiger charge is 2.26. The van der Waals surface area contributed by atoms with Gasteiger partial charge in [-0.05, 0) is 50.1 Å². The standard InChI is InChI=1S/C19H20FN3O2S/c1-11-14-10-17(18(25)21-15-4-2-3-5-16(15)24)26-19(14)23(22-11)13-8-6-12(20)7-9-13/h6-10,15-16,24H,2-5H2,1H3,(H,21,25). The number of aliphatic hydroxyl groups excluding tert-OH is 1. The quantitative estimate of drug-likeness (QED) is 0.738. The van der Waals surface area contributed by atoms with Gasteiger partial charge < -0.3 is 10.4 Å². The molecule has 5 nitrogen and oxygen atoms in total. The van der Waals surface area contributed by atoms with Crippen LogP contribution in [0.5, 0.6) is 0 Å². The van der Waals surface area contributed by atoms with Crippen molar-refractivity contribution in [3.63, 3.8) is 0 Å². The molecule has 0 bridgehead atoms. The number of aromatic nitrogens is 2. The van der Waals surface area contributed by atoms with Crippen molar-refractivity contribution in [2.24, 2.45) is 0 Å². The lowest BCUT2D eigenvalue weighted by atomic mass is 9.92. The predicted octanol–water partition coefficient (Wildman–Crippen LogP) is 3.57. The zero-order valence-electron chi connectivity index (χ0n) is 14.4. The van der Waals surface area contributed by atoms with Gasteiger partial charge in [0, 0.05) is 5.39 Å². The summed E-state index contributed by atoms with van der Waals surface area (Å²) in [5.74, 6) is -0.464. The lowest BCUT2D eigenvalue weighted by Crippen LogP contribution is -2.44. The van der Waals surface area contributed by atoms with Gasteiger partial charge in [0.05, 0.1) is 28.4 Å². The van der Waals surface area contributed by atoms with Gasteiger partial charge in [-0.15, -0.1) is 11.3 Å². The predicted molar refractivity (Wildman–Crippen MR) is 99.4 cm³/mol. The van der Waals surface area contributed by atoms with Crippen molar-refractivity contribution < 1.29 is 14.3 Å². The second-order valence-corrected chi connectivity index (χ2v) is 7.77. The first-order valence-corrected chi connectivity index (χ1v) is 9.58. The molecular weight excluding hydrogens is 353 g/mol. The van der Waals surface area contributed by atoms with E-state index in [0.717, 1.165) is 47.3 Å². The number of nitrogens with one attached hydrogen (secondary N) is 1. The van der Waals surface area contributed by atoms with E-state index in [0.29, 0.717) is 4.88 Å². The molecular formula is C19H20FN3O2S. The normalized spacial score (nSPS) is 20.4. The van der Waals surface area contributed by atoms with Crippen LogP contribution in [-0.2, 0) is 0 Å². The molecule has 1 fully saturated rings. The zero-order chi connectivity index (χ0) is 18.3. The highest BCUT2D eigenvalue weighted by atomic mass is 32.1. The number of carbonyl (C=O) groups is 1. The minimum atomic E-state index is -0.474. The van der Waals surface area contributed by atoms with E-state index < -0.39 is 6.10 Å². The molecule has 1 amide bonds. The Bertz CT molecular complexity index is 948. The molecule has 136 valence electrons. The molecule has 0 radical (unpaired) electrons. The van der Waals surface area contributed by atoms with Crippen molar-refractivity contribution in [2.75, 3.05) is 0 Å². The number of amides is 1. The number of halogens is 1. The van der Waals surface area contributed by atoms with Crippen LogP contribution in [0.3, 0.4) is 0 Å². The van der Waals surface area contributed by atoms with Crippen molar-refractivity contribution in [3.05, 3.63) is 46.7 Å². The van der Waals surface area contributed by atoms with Gasteiger partial charge in [0.1, 0.15) is 10.6 Å². The third kappa shape index (κ3) is 3.12. The van der Waals surface area contributed by atoms with E-state index in [4.69, 9.17) is 0 Å². The molecule has 1 aliphatic rings.